The Balaban J connectivity index is 2.47. The maximum Gasteiger partial charge on any atom is 0.262 e. The first kappa shape index (κ1) is 16.2. The van der Waals surface area contributed by atoms with Gasteiger partial charge in [-0.3, -0.25) is 4.72 Å². The fourth-order valence-corrected chi connectivity index (χ4v) is 3.39. The minimum atomic E-state index is -3.94. The van der Waals surface area contributed by atoms with E-state index in [0.29, 0.717) is 5.69 Å². The Labute approximate surface area is 128 Å². The van der Waals surface area contributed by atoms with Gasteiger partial charge in [-0.25, -0.2) is 17.2 Å². The lowest BCUT2D eigenvalue weighted by Crippen LogP contribution is -2.18. The molecule has 0 unspecified atom stereocenters. The molecule has 0 aliphatic rings. The van der Waals surface area contributed by atoms with Crippen molar-refractivity contribution in [3.8, 4) is 0 Å². The van der Waals surface area contributed by atoms with E-state index in [-0.39, 0.29) is 16.1 Å². The van der Waals surface area contributed by atoms with Crippen molar-refractivity contribution in [2.75, 3.05) is 23.7 Å². The molecule has 0 radical (unpaired) electrons. The van der Waals surface area contributed by atoms with Crippen molar-refractivity contribution in [1.29, 1.82) is 0 Å². The molecule has 0 atom stereocenters. The van der Waals surface area contributed by atoms with Gasteiger partial charge in [0.2, 0.25) is 0 Å². The van der Waals surface area contributed by atoms with Crippen molar-refractivity contribution in [2.24, 2.45) is 0 Å². The quantitative estimate of drug-likeness (QED) is 0.939. The average molecular weight is 326 g/mol. The molecular formula is C15H16F2N2O2S. The molecule has 0 aliphatic heterocycles. The summed E-state index contributed by atoms with van der Waals surface area (Å²) < 4.78 is 53.8. The van der Waals surface area contributed by atoms with Gasteiger partial charge in [0, 0.05) is 20.2 Å². The van der Waals surface area contributed by atoms with Crippen molar-refractivity contribution < 1.29 is 17.2 Å². The van der Waals surface area contributed by atoms with Crippen LogP contribution in [0.1, 0.15) is 5.56 Å². The third-order valence-electron chi connectivity index (χ3n) is 3.11. The maximum absolute atomic E-state index is 13.4. The molecular weight excluding hydrogens is 310 g/mol. The van der Waals surface area contributed by atoms with Gasteiger partial charge in [-0.2, -0.15) is 0 Å². The zero-order valence-electron chi connectivity index (χ0n) is 12.4. The maximum atomic E-state index is 13.4. The van der Waals surface area contributed by atoms with Crippen molar-refractivity contribution in [3.05, 3.63) is 53.6 Å². The van der Waals surface area contributed by atoms with Gasteiger partial charge in [0.15, 0.2) is 0 Å². The Bertz CT molecular complexity index is 805. The lowest BCUT2D eigenvalue weighted by Gasteiger charge is -2.19. The molecule has 2 aromatic rings. The molecule has 118 valence electrons. The second kappa shape index (κ2) is 5.92. The number of hydrogen-bond acceptors (Lipinski definition) is 3. The summed E-state index contributed by atoms with van der Waals surface area (Å²) in [6.45, 7) is 1.50. The Morgan fingerprint density at radius 2 is 1.59 bits per heavy atom. The molecule has 22 heavy (non-hydrogen) atoms. The van der Waals surface area contributed by atoms with Crippen molar-refractivity contribution in [3.63, 3.8) is 0 Å². The van der Waals surface area contributed by atoms with E-state index in [1.54, 1.807) is 19.0 Å². The minimum absolute atomic E-state index is 0.0529. The van der Waals surface area contributed by atoms with E-state index in [2.05, 4.69) is 4.72 Å². The molecule has 2 aromatic carbocycles. The van der Waals surface area contributed by atoms with E-state index in [9.17, 15) is 17.2 Å². The van der Waals surface area contributed by atoms with Crippen molar-refractivity contribution >= 4 is 21.4 Å². The lowest BCUT2D eigenvalue weighted by atomic mass is 10.2. The number of aryl methyl sites for hydroxylation is 1. The monoisotopic (exact) mass is 326 g/mol. The SMILES string of the molecule is Cc1cc(F)ccc1S(=O)(=O)Nc1cc(F)ccc1N(C)C. The molecule has 7 heteroatoms. The summed E-state index contributed by atoms with van der Waals surface area (Å²) in [5, 5.41) is 0. The van der Waals surface area contributed by atoms with E-state index in [0.717, 1.165) is 18.2 Å². The number of rotatable bonds is 4. The summed E-state index contributed by atoms with van der Waals surface area (Å²) in [5.74, 6) is -1.07. The molecule has 2 rings (SSSR count). The number of halogens is 2. The minimum Gasteiger partial charge on any atom is -0.376 e. The zero-order valence-corrected chi connectivity index (χ0v) is 13.2. The highest BCUT2D eigenvalue weighted by Gasteiger charge is 2.19. The van der Waals surface area contributed by atoms with Crippen LogP contribution >= 0.6 is 0 Å². The van der Waals surface area contributed by atoms with Crippen LogP contribution in [0.2, 0.25) is 0 Å². The summed E-state index contributed by atoms with van der Waals surface area (Å²) in [6.07, 6.45) is 0. The number of sulfonamides is 1. The first-order chi connectivity index (χ1) is 10.2. The molecule has 0 saturated carbocycles. The van der Waals surface area contributed by atoms with Crippen LogP contribution in [0.5, 0.6) is 0 Å². The smallest absolute Gasteiger partial charge is 0.262 e. The fraction of sp³-hybridized carbons (Fsp3) is 0.200. The predicted octanol–water partition coefficient (Wildman–Crippen LogP) is 3.14. The summed E-state index contributed by atoms with van der Waals surface area (Å²) in [4.78, 5) is 1.61. The molecule has 0 spiro atoms. The largest absolute Gasteiger partial charge is 0.376 e. The Kier molecular flexibility index (Phi) is 4.37. The summed E-state index contributed by atoms with van der Waals surface area (Å²) in [6, 6.07) is 7.21. The van der Waals surface area contributed by atoms with E-state index in [1.807, 2.05) is 0 Å². The highest BCUT2D eigenvalue weighted by molar-refractivity contribution is 7.92. The summed E-state index contributed by atoms with van der Waals surface area (Å²) >= 11 is 0. The number of nitrogens with one attached hydrogen (secondary N) is 1. The zero-order chi connectivity index (χ0) is 16.5. The Morgan fingerprint density at radius 1 is 1.00 bits per heavy atom. The average Bonchev–Trinajstić information content (AvgIpc) is 2.37. The highest BCUT2D eigenvalue weighted by Crippen LogP contribution is 2.28. The van der Waals surface area contributed by atoms with Crippen LogP contribution in [0.25, 0.3) is 0 Å². The van der Waals surface area contributed by atoms with E-state index in [4.69, 9.17) is 0 Å². The van der Waals surface area contributed by atoms with Gasteiger partial charge in [0.1, 0.15) is 11.6 Å². The van der Waals surface area contributed by atoms with Crippen LogP contribution in [0, 0.1) is 18.6 Å². The molecule has 0 aromatic heterocycles. The highest BCUT2D eigenvalue weighted by atomic mass is 32.2. The first-order valence-electron chi connectivity index (χ1n) is 6.46. The molecule has 0 fully saturated rings. The van der Waals surface area contributed by atoms with E-state index >= 15 is 0 Å². The van der Waals surface area contributed by atoms with Crippen LogP contribution in [0.15, 0.2) is 41.3 Å². The van der Waals surface area contributed by atoms with Gasteiger partial charge in [0.25, 0.3) is 10.0 Å². The van der Waals surface area contributed by atoms with E-state index in [1.165, 1.54) is 25.1 Å². The number of nitrogens with zero attached hydrogens (tertiary/aromatic N) is 1. The molecule has 1 N–H and O–H groups in total. The number of hydrogen-bond donors (Lipinski definition) is 1. The summed E-state index contributed by atoms with van der Waals surface area (Å²) in [5.41, 5.74) is 0.911. The molecule has 0 bridgehead atoms. The molecule has 0 heterocycles. The van der Waals surface area contributed by atoms with Crippen LogP contribution in [0.3, 0.4) is 0 Å². The molecule has 4 nitrogen and oxygen atoms in total. The Hall–Kier alpha value is -2.15. The van der Waals surface area contributed by atoms with Crippen LogP contribution in [-0.4, -0.2) is 22.5 Å². The van der Waals surface area contributed by atoms with Gasteiger partial charge in [-0.1, -0.05) is 0 Å². The topological polar surface area (TPSA) is 49.4 Å². The Morgan fingerprint density at radius 3 is 2.18 bits per heavy atom. The van der Waals surface area contributed by atoms with Gasteiger partial charge in [0.05, 0.1) is 16.3 Å². The first-order valence-corrected chi connectivity index (χ1v) is 7.95. The normalized spacial score (nSPS) is 11.3. The van der Waals surface area contributed by atoms with Crippen LogP contribution in [0.4, 0.5) is 20.2 Å². The number of benzene rings is 2. The predicted molar refractivity (Wildman–Crippen MR) is 82.7 cm³/mol. The molecule has 0 amide bonds. The summed E-state index contributed by atoms with van der Waals surface area (Å²) in [7, 11) is -0.511. The molecule has 0 aliphatic carbocycles. The van der Waals surface area contributed by atoms with E-state index < -0.39 is 21.7 Å². The van der Waals surface area contributed by atoms with Crippen LogP contribution < -0.4 is 9.62 Å². The molecule has 0 saturated heterocycles. The second-order valence-corrected chi connectivity index (χ2v) is 6.72. The van der Waals surface area contributed by atoms with Crippen LogP contribution in [-0.2, 0) is 10.0 Å². The third-order valence-corrected chi connectivity index (χ3v) is 4.64. The second-order valence-electron chi connectivity index (χ2n) is 5.07. The lowest BCUT2D eigenvalue weighted by molar-refractivity contribution is 0.598. The third kappa shape index (κ3) is 3.36. The fourth-order valence-electron chi connectivity index (χ4n) is 2.09. The van der Waals surface area contributed by atoms with Gasteiger partial charge >= 0.3 is 0 Å². The van der Waals surface area contributed by atoms with Crippen molar-refractivity contribution in [2.45, 2.75) is 11.8 Å². The van der Waals surface area contributed by atoms with Gasteiger partial charge in [-0.05, 0) is 42.8 Å². The van der Waals surface area contributed by atoms with Crippen molar-refractivity contribution in [1.82, 2.24) is 0 Å². The number of anilines is 2. The standard InChI is InChI=1S/C15H16F2N2O2S/c1-10-8-11(16)5-7-15(10)22(20,21)18-13-9-12(17)4-6-14(13)19(2)3/h4-9,18H,1-3H3. The van der Waals surface area contributed by atoms with Gasteiger partial charge in [-0.15, -0.1) is 0 Å². The van der Waals surface area contributed by atoms with Gasteiger partial charge < -0.3 is 4.90 Å².